The first-order valence-electron chi connectivity index (χ1n) is 8.72. The van der Waals surface area contributed by atoms with E-state index in [9.17, 15) is 14.4 Å². The number of ketones is 1. The topological polar surface area (TPSA) is 92.2 Å². The van der Waals surface area contributed by atoms with Crippen molar-refractivity contribution in [2.24, 2.45) is 0 Å². The van der Waals surface area contributed by atoms with Crippen LogP contribution in [0.2, 0.25) is 0 Å². The van der Waals surface area contributed by atoms with Crippen molar-refractivity contribution in [3.8, 4) is 0 Å². The molecule has 27 heavy (non-hydrogen) atoms. The SMILES string of the molecule is Cc1ccc(NC(=O)c2cc3c([nH]c2=O)C[C@H](c2ccco2)CC3=O)cc1. The predicted molar refractivity (Wildman–Crippen MR) is 100 cm³/mol. The summed E-state index contributed by atoms with van der Waals surface area (Å²) in [7, 11) is 0. The third-order valence-corrected chi connectivity index (χ3v) is 4.81. The van der Waals surface area contributed by atoms with Crippen LogP contribution in [0.3, 0.4) is 0 Å². The van der Waals surface area contributed by atoms with Crippen LogP contribution < -0.4 is 10.9 Å². The number of pyridine rings is 1. The highest BCUT2D eigenvalue weighted by Gasteiger charge is 2.30. The lowest BCUT2D eigenvalue weighted by molar-refractivity contribution is 0.0959. The number of hydrogen-bond donors (Lipinski definition) is 2. The lowest BCUT2D eigenvalue weighted by Gasteiger charge is -2.22. The number of H-pyrrole nitrogens is 1. The Bertz CT molecular complexity index is 1060. The van der Waals surface area contributed by atoms with Crippen LogP contribution in [0, 0.1) is 6.92 Å². The van der Waals surface area contributed by atoms with E-state index in [4.69, 9.17) is 4.42 Å². The zero-order chi connectivity index (χ0) is 19.0. The van der Waals surface area contributed by atoms with Crippen molar-refractivity contribution >= 4 is 17.4 Å². The van der Waals surface area contributed by atoms with Crippen LogP contribution in [0.15, 0.2) is 57.9 Å². The Balaban J connectivity index is 1.62. The summed E-state index contributed by atoms with van der Waals surface area (Å²) in [5, 5.41) is 2.69. The van der Waals surface area contributed by atoms with Gasteiger partial charge in [-0.1, -0.05) is 17.7 Å². The number of aryl methyl sites for hydroxylation is 1. The monoisotopic (exact) mass is 362 g/mol. The van der Waals surface area contributed by atoms with Crippen molar-refractivity contribution in [3.63, 3.8) is 0 Å². The van der Waals surface area contributed by atoms with Gasteiger partial charge in [-0.3, -0.25) is 14.4 Å². The Morgan fingerprint density at radius 3 is 2.63 bits per heavy atom. The van der Waals surface area contributed by atoms with Gasteiger partial charge in [-0.05, 0) is 43.7 Å². The molecule has 2 N–H and O–H groups in total. The highest BCUT2D eigenvalue weighted by atomic mass is 16.3. The second-order valence-electron chi connectivity index (χ2n) is 6.77. The Morgan fingerprint density at radius 2 is 1.93 bits per heavy atom. The molecule has 4 rings (SSSR count). The third kappa shape index (κ3) is 3.33. The summed E-state index contributed by atoms with van der Waals surface area (Å²) in [6.07, 6.45) is 2.34. The first-order chi connectivity index (χ1) is 13.0. The van der Waals surface area contributed by atoms with E-state index in [0.29, 0.717) is 23.4 Å². The van der Waals surface area contributed by atoms with E-state index in [2.05, 4.69) is 10.3 Å². The van der Waals surface area contributed by atoms with Crippen LogP contribution >= 0.6 is 0 Å². The van der Waals surface area contributed by atoms with Gasteiger partial charge in [0, 0.05) is 29.3 Å². The Labute approximate surface area is 155 Å². The molecular weight excluding hydrogens is 344 g/mol. The molecule has 0 unspecified atom stereocenters. The van der Waals surface area contributed by atoms with E-state index in [0.717, 1.165) is 11.3 Å². The lowest BCUT2D eigenvalue weighted by atomic mass is 9.84. The lowest BCUT2D eigenvalue weighted by Crippen LogP contribution is -2.29. The molecule has 3 aromatic rings. The van der Waals surface area contributed by atoms with Gasteiger partial charge in [0.05, 0.1) is 6.26 Å². The molecule has 1 aromatic carbocycles. The molecule has 136 valence electrons. The Kier molecular flexibility index (Phi) is 4.24. The minimum atomic E-state index is -0.538. The molecule has 0 saturated heterocycles. The highest BCUT2D eigenvalue weighted by Crippen LogP contribution is 2.31. The van der Waals surface area contributed by atoms with Crippen molar-refractivity contribution < 1.29 is 14.0 Å². The van der Waals surface area contributed by atoms with Crippen molar-refractivity contribution in [3.05, 3.63) is 87.2 Å². The van der Waals surface area contributed by atoms with Gasteiger partial charge in [0.2, 0.25) is 0 Å². The van der Waals surface area contributed by atoms with Crippen LogP contribution in [0.25, 0.3) is 0 Å². The summed E-state index contributed by atoms with van der Waals surface area (Å²) in [4.78, 5) is 40.2. The minimum absolute atomic E-state index is 0.0703. The number of carbonyl (C=O) groups is 2. The maximum atomic E-state index is 12.6. The molecule has 1 aliphatic carbocycles. The molecule has 0 spiro atoms. The van der Waals surface area contributed by atoms with Crippen molar-refractivity contribution in [2.75, 3.05) is 5.32 Å². The van der Waals surface area contributed by atoms with E-state index < -0.39 is 11.5 Å². The summed E-state index contributed by atoms with van der Waals surface area (Å²) in [6.45, 7) is 1.95. The molecule has 1 aliphatic rings. The predicted octanol–water partition coefficient (Wildman–Crippen LogP) is 3.44. The van der Waals surface area contributed by atoms with E-state index in [1.807, 2.05) is 25.1 Å². The van der Waals surface area contributed by atoms with E-state index >= 15 is 0 Å². The van der Waals surface area contributed by atoms with E-state index in [1.165, 1.54) is 6.07 Å². The number of Topliss-reactive ketones (excluding diaryl/α,β-unsaturated/α-hetero) is 1. The zero-order valence-corrected chi connectivity index (χ0v) is 14.7. The van der Waals surface area contributed by atoms with Gasteiger partial charge in [-0.15, -0.1) is 0 Å². The number of nitrogens with one attached hydrogen (secondary N) is 2. The standard InChI is InChI=1S/C21H18N2O4/c1-12-4-6-14(7-5-12)22-20(25)16-11-15-17(23-21(16)26)9-13(10-18(15)24)19-3-2-8-27-19/h2-8,11,13H,9-10H2,1H3,(H,22,25)(H,23,26)/t13-/m0/s1. The maximum Gasteiger partial charge on any atom is 0.261 e. The number of amides is 1. The number of anilines is 1. The minimum Gasteiger partial charge on any atom is -0.469 e. The zero-order valence-electron chi connectivity index (χ0n) is 14.7. The second kappa shape index (κ2) is 6.72. The molecule has 0 aliphatic heterocycles. The van der Waals surface area contributed by atoms with Gasteiger partial charge in [-0.25, -0.2) is 0 Å². The molecule has 1 amide bonds. The fourth-order valence-corrected chi connectivity index (χ4v) is 3.36. The summed E-state index contributed by atoms with van der Waals surface area (Å²) in [6, 6.07) is 12.3. The second-order valence-corrected chi connectivity index (χ2v) is 6.77. The quantitative estimate of drug-likeness (QED) is 0.746. The molecule has 2 heterocycles. The van der Waals surface area contributed by atoms with Gasteiger partial charge in [0.1, 0.15) is 11.3 Å². The molecule has 1 atom stereocenters. The van der Waals surface area contributed by atoms with Gasteiger partial charge < -0.3 is 14.7 Å². The Hall–Kier alpha value is -3.41. The number of aromatic nitrogens is 1. The van der Waals surface area contributed by atoms with Crippen molar-refractivity contribution in [1.29, 1.82) is 0 Å². The van der Waals surface area contributed by atoms with Crippen LogP contribution in [0.5, 0.6) is 0 Å². The molecule has 0 bridgehead atoms. The molecule has 2 aromatic heterocycles. The molecule has 6 heteroatoms. The number of aromatic amines is 1. The largest absolute Gasteiger partial charge is 0.469 e. The van der Waals surface area contributed by atoms with Crippen molar-refractivity contribution in [1.82, 2.24) is 4.98 Å². The van der Waals surface area contributed by atoms with Crippen LogP contribution in [-0.2, 0) is 6.42 Å². The number of furan rings is 1. The molecular formula is C21H18N2O4. The van der Waals surface area contributed by atoms with E-state index in [-0.39, 0.29) is 23.7 Å². The molecule has 6 nitrogen and oxygen atoms in total. The van der Waals surface area contributed by atoms with Gasteiger partial charge in [0.25, 0.3) is 11.5 Å². The third-order valence-electron chi connectivity index (χ3n) is 4.81. The first kappa shape index (κ1) is 17.0. The van der Waals surface area contributed by atoms with Gasteiger partial charge >= 0.3 is 0 Å². The van der Waals surface area contributed by atoms with Crippen molar-refractivity contribution in [2.45, 2.75) is 25.7 Å². The smallest absolute Gasteiger partial charge is 0.261 e. The van der Waals surface area contributed by atoms with Gasteiger partial charge in [0.15, 0.2) is 5.78 Å². The number of fused-ring (bicyclic) bond motifs is 1. The number of rotatable bonds is 3. The first-order valence-corrected chi connectivity index (χ1v) is 8.72. The average Bonchev–Trinajstić information content (AvgIpc) is 3.17. The van der Waals surface area contributed by atoms with Gasteiger partial charge in [-0.2, -0.15) is 0 Å². The molecule has 0 fully saturated rings. The number of carbonyl (C=O) groups excluding carboxylic acids is 2. The van der Waals surface area contributed by atoms with Crippen LogP contribution in [0.1, 0.15) is 50.1 Å². The number of hydrogen-bond acceptors (Lipinski definition) is 4. The summed E-state index contributed by atoms with van der Waals surface area (Å²) in [5.41, 5.74) is 2.02. The van der Waals surface area contributed by atoms with Crippen LogP contribution in [-0.4, -0.2) is 16.7 Å². The summed E-state index contributed by atoms with van der Waals surface area (Å²) >= 11 is 0. The van der Waals surface area contributed by atoms with Crippen LogP contribution in [0.4, 0.5) is 5.69 Å². The summed E-state index contributed by atoms with van der Waals surface area (Å²) < 4.78 is 5.39. The molecule has 0 saturated carbocycles. The maximum absolute atomic E-state index is 12.6. The molecule has 0 radical (unpaired) electrons. The fourth-order valence-electron chi connectivity index (χ4n) is 3.36. The Morgan fingerprint density at radius 1 is 1.15 bits per heavy atom. The highest BCUT2D eigenvalue weighted by molar-refractivity contribution is 6.06. The average molecular weight is 362 g/mol. The summed E-state index contributed by atoms with van der Waals surface area (Å²) in [5.74, 6) is -0.0407. The normalized spacial score (nSPS) is 16.0. The number of benzene rings is 1. The fraction of sp³-hybridized carbons (Fsp3) is 0.190. The van der Waals surface area contributed by atoms with E-state index in [1.54, 1.807) is 24.5 Å².